The number of nitrogens with two attached hydrogens (primary N) is 1. The van der Waals surface area contributed by atoms with Gasteiger partial charge in [-0.15, -0.1) is 0 Å². The van der Waals surface area contributed by atoms with Gasteiger partial charge < -0.3 is 19.8 Å². The largest absolute Gasteiger partial charge is 0.493 e. The summed E-state index contributed by atoms with van der Waals surface area (Å²) in [6.45, 7) is 0.671. The highest BCUT2D eigenvalue weighted by atomic mass is 79.9. The molecule has 124 valence electrons. The number of methoxy groups -OCH3 is 2. The lowest BCUT2D eigenvalue weighted by Gasteiger charge is -2.12. The minimum absolute atomic E-state index is 0.603. The van der Waals surface area contributed by atoms with Crippen molar-refractivity contribution >= 4 is 21.7 Å². The van der Waals surface area contributed by atoms with Crippen molar-refractivity contribution in [1.82, 2.24) is 9.55 Å². The van der Waals surface area contributed by atoms with Crippen molar-refractivity contribution in [1.29, 1.82) is 0 Å². The van der Waals surface area contributed by atoms with E-state index in [9.17, 15) is 0 Å². The molecule has 5 nitrogen and oxygen atoms in total. The van der Waals surface area contributed by atoms with E-state index in [2.05, 4.69) is 33.0 Å². The SMILES string of the molecule is COc1cc(Br)c(-c2ncn(Cc3ccccc3)c2N)cc1OC. The van der Waals surface area contributed by atoms with Gasteiger partial charge in [-0.3, -0.25) is 0 Å². The molecule has 1 heterocycles. The Kier molecular flexibility index (Phi) is 4.76. The molecule has 0 saturated heterocycles. The van der Waals surface area contributed by atoms with Gasteiger partial charge in [-0.25, -0.2) is 4.98 Å². The molecule has 0 atom stereocenters. The molecule has 1 aromatic heterocycles. The Labute approximate surface area is 149 Å². The Bertz CT molecular complexity index is 847. The molecule has 2 N–H and O–H groups in total. The molecule has 0 fully saturated rings. The maximum Gasteiger partial charge on any atom is 0.161 e. The molecule has 0 unspecified atom stereocenters. The Morgan fingerprint density at radius 3 is 2.42 bits per heavy atom. The lowest BCUT2D eigenvalue weighted by Crippen LogP contribution is -2.03. The van der Waals surface area contributed by atoms with Crippen LogP contribution in [0.5, 0.6) is 11.5 Å². The minimum atomic E-state index is 0.603. The van der Waals surface area contributed by atoms with Gasteiger partial charge in [0, 0.05) is 10.0 Å². The standard InChI is InChI=1S/C18H18BrN3O2/c1-23-15-8-13(14(19)9-16(15)24-2)17-18(20)22(11-21-17)10-12-6-4-3-5-7-12/h3-9,11H,10,20H2,1-2H3. The van der Waals surface area contributed by atoms with Gasteiger partial charge in [-0.2, -0.15) is 0 Å². The molecule has 0 saturated carbocycles. The first-order valence-corrected chi connectivity index (χ1v) is 8.19. The molecule has 0 aliphatic heterocycles. The number of rotatable bonds is 5. The highest BCUT2D eigenvalue weighted by molar-refractivity contribution is 9.10. The fourth-order valence-corrected chi connectivity index (χ4v) is 3.05. The van der Waals surface area contributed by atoms with E-state index in [4.69, 9.17) is 15.2 Å². The highest BCUT2D eigenvalue weighted by Crippen LogP contribution is 2.39. The number of ether oxygens (including phenoxy) is 2. The third-order valence-corrected chi connectivity index (χ3v) is 4.46. The molecule has 0 bridgehead atoms. The van der Waals surface area contributed by atoms with Crippen LogP contribution in [0.15, 0.2) is 53.3 Å². The molecular weight excluding hydrogens is 370 g/mol. The van der Waals surface area contributed by atoms with Gasteiger partial charge in [0.25, 0.3) is 0 Å². The van der Waals surface area contributed by atoms with Gasteiger partial charge in [0.05, 0.1) is 27.1 Å². The zero-order valence-corrected chi connectivity index (χ0v) is 15.1. The summed E-state index contributed by atoms with van der Waals surface area (Å²) < 4.78 is 13.5. The van der Waals surface area contributed by atoms with Crippen molar-refractivity contribution < 1.29 is 9.47 Å². The van der Waals surface area contributed by atoms with E-state index in [0.717, 1.165) is 10.0 Å². The molecule has 0 radical (unpaired) electrons. The number of nitrogens with zero attached hydrogens (tertiary/aromatic N) is 2. The summed E-state index contributed by atoms with van der Waals surface area (Å²) in [5.74, 6) is 1.88. The van der Waals surface area contributed by atoms with E-state index in [1.165, 1.54) is 5.56 Å². The van der Waals surface area contributed by atoms with Crippen LogP contribution in [0.4, 0.5) is 5.82 Å². The summed E-state index contributed by atoms with van der Waals surface area (Å²) in [6, 6.07) is 13.9. The van der Waals surface area contributed by atoms with E-state index in [-0.39, 0.29) is 0 Å². The maximum atomic E-state index is 6.32. The normalized spacial score (nSPS) is 10.6. The minimum Gasteiger partial charge on any atom is -0.493 e. The van der Waals surface area contributed by atoms with Gasteiger partial charge in [-0.1, -0.05) is 30.3 Å². The predicted molar refractivity (Wildman–Crippen MR) is 98.4 cm³/mol. The van der Waals surface area contributed by atoms with Crippen molar-refractivity contribution in [3.8, 4) is 22.8 Å². The van der Waals surface area contributed by atoms with Crippen LogP contribution in [0.2, 0.25) is 0 Å². The number of halogens is 1. The third-order valence-electron chi connectivity index (χ3n) is 3.80. The van der Waals surface area contributed by atoms with Crippen molar-refractivity contribution in [2.75, 3.05) is 20.0 Å². The summed E-state index contributed by atoms with van der Waals surface area (Å²) >= 11 is 3.56. The molecule has 0 amide bonds. The van der Waals surface area contributed by atoms with Crippen LogP contribution in [-0.4, -0.2) is 23.8 Å². The van der Waals surface area contributed by atoms with Gasteiger partial charge in [-0.05, 0) is 33.6 Å². The zero-order valence-electron chi connectivity index (χ0n) is 13.5. The molecule has 2 aromatic carbocycles. The first-order valence-electron chi connectivity index (χ1n) is 7.40. The van der Waals surface area contributed by atoms with E-state index < -0.39 is 0 Å². The average molecular weight is 388 g/mol. The Morgan fingerprint density at radius 1 is 1.08 bits per heavy atom. The molecule has 0 aliphatic carbocycles. The predicted octanol–water partition coefficient (Wildman–Crippen LogP) is 3.96. The lowest BCUT2D eigenvalue weighted by molar-refractivity contribution is 0.355. The molecule has 24 heavy (non-hydrogen) atoms. The maximum absolute atomic E-state index is 6.32. The number of anilines is 1. The van der Waals surface area contributed by atoms with Crippen molar-refractivity contribution in [3.63, 3.8) is 0 Å². The van der Waals surface area contributed by atoms with Crippen LogP contribution in [0.3, 0.4) is 0 Å². The second-order valence-electron chi connectivity index (χ2n) is 5.28. The van der Waals surface area contributed by atoms with Crippen molar-refractivity contribution in [2.45, 2.75) is 6.54 Å². The van der Waals surface area contributed by atoms with Crippen LogP contribution in [0, 0.1) is 0 Å². The van der Waals surface area contributed by atoms with Gasteiger partial charge in [0.1, 0.15) is 11.5 Å². The lowest BCUT2D eigenvalue weighted by atomic mass is 10.1. The van der Waals surface area contributed by atoms with E-state index >= 15 is 0 Å². The summed E-state index contributed by atoms with van der Waals surface area (Å²) in [6.07, 6.45) is 1.75. The topological polar surface area (TPSA) is 62.3 Å². The van der Waals surface area contributed by atoms with Crippen LogP contribution in [0.25, 0.3) is 11.3 Å². The second-order valence-corrected chi connectivity index (χ2v) is 6.13. The fourth-order valence-electron chi connectivity index (χ4n) is 2.54. The number of nitrogen functional groups attached to an aromatic ring is 1. The average Bonchev–Trinajstić information content (AvgIpc) is 2.96. The number of hydrogen-bond acceptors (Lipinski definition) is 4. The van der Waals surface area contributed by atoms with Crippen LogP contribution >= 0.6 is 15.9 Å². The fraction of sp³-hybridized carbons (Fsp3) is 0.167. The van der Waals surface area contributed by atoms with E-state index in [1.54, 1.807) is 20.5 Å². The van der Waals surface area contributed by atoms with Gasteiger partial charge >= 0.3 is 0 Å². The summed E-state index contributed by atoms with van der Waals surface area (Å²) in [4.78, 5) is 4.49. The van der Waals surface area contributed by atoms with E-state index in [0.29, 0.717) is 29.6 Å². The molecule has 3 aromatic rings. The zero-order chi connectivity index (χ0) is 17.1. The highest BCUT2D eigenvalue weighted by Gasteiger charge is 2.17. The number of benzene rings is 2. The molecule has 3 rings (SSSR count). The smallest absolute Gasteiger partial charge is 0.161 e. The Balaban J connectivity index is 1.99. The van der Waals surface area contributed by atoms with Crippen LogP contribution in [0.1, 0.15) is 5.56 Å². The number of imidazole rings is 1. The van der Waals surface area contributed by atoms with Crippen LogP contribution < -0.4 is 15.2 Å². The molecule has 0 spiro atoms. The summed E-state index contributed by atoms with van der Waals surface area (Å²) in [5.41, 5.74) is 9.05. The van der Waals surface area contributed by atoms with E-state index in [1.807, 2.05) is 34.9 Å². The summed E-state index contributed by atoms with van der Waals surface area (Å²) in [7, 11) is 3.21. The van der Waals surface area contributed by atoms with Gasteiger partial charge in [0.15, 0.2) is 11.5 Å². The number of hydrogen-bond donors (Lipinski definition) is 1. The number of aromatic nitrogens is 2. The van der Waals surface area contributed by atoms with Crippen molar-refractivity contribution in [2.24, 2.45) is 0 Å². The molecular formula is C18H18BrN3O2. The first-order chi connectivity index (χ1) is 11.6. The third kappa shape index (κ3) is 3.10. The Morgan fingerprint density at radius 2 is 1.75 bits per heavy atom. The molecule has 6 heteroatoms. The van der Waals surface area contributed by atoms with Crippen molar-refractivity contribution in [3.05, 3.63) is 58.8 Å². The molecule has 0 aliphatic rings. The summed E-state index contributed by atoms with van der Waals surface area (Å²) in [5, 5.41) is 0. The monoisotopic (exact) mass is 387 g/mol. The Hall–Kier alpha value is -2.47. The van der Waals surface area contributed by atoms with Crippen LogP contribution in [-0.2, 0) is 6.54 Å². The van der Waals surface area contributed by atoms with Gasteiger partial charge in [0.2, 0.25) is 0 Å². The first kappa shape index (κ1) is 16.4. The second kappa shape index (κ2) is 6.97. The quantitative estimate of drug-likeness (QED) is 0.719.